The fourth-order valence-electron chi connectivity index (χ4n) is 2.26. The van der Waals surface area contributed by atoms with Gasteiger partial charge in [-0.15, -0.1) is 11.8 Å². The lowest BCUT2D eigenvalue weighted by Gasteiger charge is -2.13. The van der Waals surface area contributed by atoms with Crippen LogP contribution in [-0.4, -0.2) is 28.4 Å². The zero-order chi connectivity index (χ0) is 19.3. The van der Waals surface area contributed by atoms with E-state index in [2.05, 4.69) is 0 Å². The Hall–Kier alpha value is -2.48. The highest BCUT2D eigenvalue weighted by atomic mass is 35.5. The monoisotopic (exact) mass is 393 g/mol. The lowest BCUT2D eigenvalue weighted by atomic mass is 10.1. The second kappa shape index (κ2) is 8.75. The Kier molecular flexibility index (Phi) is 6.68. The summed E-state index contributed by atoms with van der Waals surface area (Å²) >= 11 is 7.74. The molecule has 4 N–H and O–H groups in total. The van der Waals surface area contributed by atoms with Gasteiger partial charge in [-0.3, -0.25) is 0 Å². The number of furan rings is 1. The molecule has 1 atom stereocenters. The number of para-hydroxylation sites is 1. The van der Waals surface area contributed by atoms with Gasteiger partial charge in [0.15, 0.2) is 0 Å². The molecule has 3 rings (SSSR count). The number of halogens is 1. The molecule has 0 fully saturated rings. The fraction of sp³-hybridized carbons (Fsp3) is 0.111. The molecule has 8 heteroatoms. The summed E-state index contributed by atoms with van der Waals surface area (Å²) in [5, 5.41) is 16.5. The predicted molar refractivity (Wildman–Crippen MR) is 101 cm³/mol. The molecule has 0 spiro atoms. The molecule has 3 aromatic rings. The molecule has 1 unspecified atom stereocenters. The Balaban J connectivity index is 0.000000352. The minimum absolute atomic E-state index is 0.316. The average molecular weight is 394 g/mol. The van der Waals surface area contributed by atoms with Crippen molar-refractivity contribution >= 4 is 46.3 Å². The standard InChI is InChI=1S/C16H14ClNOS.C2H2O4/c1-20-15-7-6-11(17)9-12(15)16(18)14-8-10-4-2-3-5-13(10)19-14;3-1(4)2(5)6/h2-9,16H,18H2,1H3;(H,3,4)(H,5,6). The predicted octanol–water partition coefficient (Wildman–Crippen LogP) is 4.01. The van der Waals surface area contributed by atoms with Crippen LogP contribution < -0.4 is 5.73 Å². The second-order valence-electron chi connectivity index (χ2n) is 5.16. The number of carboxylic acids is 2. The lowest BCUT2D eigenvalue weighted by molar-refractivity contribution is -0.159. The second-order valence-corrected chi connectivity index (χ2v) is 6.45. The van der Waals surface area contributed by atoms with E-state index < -0.39 is 11.9 Å². The molecule has 0 radical (unpaired) electrons. The highest BCUT2D eigenvalue weighted by molar-refractivity contribution is 7.98. The van der Waals surface area contributed by atoms with Crippen LogP contribution in [0.2, 0.25) is 5.02 Å². The zero-order valence-corrected chi connectivity index (χ0v) is 15.3. The summed E-state index contributed by atoms with van der Waals surface area (Å²) in [5.41, 5.74) is 8.20. The molecule has 0 amide bonds. The molecule has 0 bridgehead atoms. The van der Waals surface area contributed by atoms with Crippen LogP contribution in [0.15, 0.2) is 57.8 Å². The van der Waals surface area contributed by atoms with E-state index in [1.807, 2.05) is 54.8 Å². The number of thioether (sulfide) groups is 1. The number of benzene rings is 2. The van der Waals surface area contributed by atoms with Crippen LogP contribution in [0.3, 0.4) is 0 Å². The maximum Gasteiger partial charge on any atom is 0.414 e. The number of carboxylic acid groups (broad SMARTS) is 2. The van der Waals surface area contributed by atoms with Crippen LogP contribution in [0.4, 0.5) is 0 Å². The van der Waals surface area contributed by atoms with Crippen molar-refractivity contribution in [3.05, 3.63) is 64.9 Å². The highest BCUT2D eigenvalue weighted by Crippen LogP contribution is 2.33. The van der Waals surface area contributed by atoms with E-state index in [1.165, 1.54) is 0 Å². The third-order valence-corrected chi connectivity index (χ3v) is 4.51. The summed E-state index contributed by atoms with van der Waals surface area (Å²) < 4.78 is 5.85. The van der Waals surface area contributed by atoms with Crippen molar-refractivity contribution in [2.24, 2.45) is 5.73 Å². The van der Waals surface area contributed by atoms with Crippen LogP contribution >= 0.6 is 23.4 Å². The summed E-state index contributed by atoms with van der Waals surface area (Å²) in [6, 6.07) is 15.3. The highest BCUT2D eigenvalue weighted by Gasteiger charge is 2.17. The van der Waals surface area contributed by atoms with Gasteiger partial charge in [0.1, 0.15) is 11.3 Å². The van der Waals surface area contributed by atoms with E-state index >= 15 is 0 Å². The molecule has 26 heavy (non-hydrogen) atoms. The van der Waals surface area contributed by atoms with Gasteiger partial charge < -0.3 is 20.4 Å². The molecular weight excluding hydrogens is 378 g/mol. The quantitative estimate of drug-likeness (QED) is 0.455. The largest absolute Gasteiger partial charge is 0.473 e. The van der Waals surface area contributed by atoms with E-state index in [0.29, 0.717) is 5.02 Å². The van der Waals surface area contributed by atoms with Gasteiger partial charge in [0.25, 0.3) is 0 Å². The number of carbonyl (C=O) groups is 2. The molecular formula is C18H16ClNO5S. The maximum absolute atomic E-state index is 9.10. The van der Waals surface area contributed by atoms with E-state index in [1.54, 1.807) is 11.8 Å². The van der Waals surface area contributed by atoms with Gasteiger partial charge in [-0.1, -0.05) is 29.8 Å². The molecule has 136 valence electrons. The number of rotatable bonds is 3. The first-order valence-electron chi connectivity index (χ1n) is 7.37. The number of aliphatic carboxylic acids is 2. The van der Waals surface area contributed by atoms with Crippen LogP contribution in [0, 0.1) is 0 Å². The first-order valence-corrected chi connectivity index (χ1v) is 8.97. The van der Waals surface area contributed by atoms with Crippen molar-refractivity contribution < 1.29 is 24.2 Å². The Labute approximate surface area is 158 Å². The van der Waals surface area contributed by atoms with Crippen molar-refractivity contribution in [2.75, 3.05) is 6.26 Å². The Bertz CT molecular complexity index is 895. The first kappa shape index (κ1) is 19.8. The van der Waals surface area contributed by atoms with Crippen LogP contribution in [-0.2, 0) is 9.59 Å². The molecule has 1 aromatic heterocycles. The summed E-state index contributed by atoms with van der Waals surface area (Å²) in [7, 11) is 0. The summed E-state index contributed by atoms with van der Waals surface area (Å²) in [6.07, 6.45) is 2.03. The van der Waals surface area contributed by atoms with Gasteiger partial charge in [0.05, 0.1) is 6.04 Å². The topological polar surface area (TPSA) is 114 Å². The molecule has 1 heterocycles. The minimum atomic E-state index is -1.82. The third kappa shape index (κ3) is 4.78. The van der Waals surface area contributed by atoms with Gasteiger partial charge >= 0.3 is 11.9 Å². The summed E-state index contributed by atoms with van der Waals surface area (Å²) in [5.74, 6) is -2.89. The van der Waals surface area contributed by atoms with E-state index in [-0.39, 0.29) is 6.04 Å². The van der Waals surface area contributed by atoms with Crippen molar-refractivity contribution in [1.29, 1.82) is 0 Å². The first-order chi connectivity index (χ1) is 12.3. The summed E-state index contributed by atoms with van der Waals surface area (Å²) in [6.45, 7) is 0. The zero-order valence-electron chi connectivity index (χ0n) is 13.7. The van der Waals surface area contributed by atoms with Crippen LogP contribution in [0.25, 0.3) is 11.0 Å². The molecule has 2 aromatic carbocycles. The van der Waals surface area contributed by atoms with Crippen molar-refractivity contribution in [1.82, 2.24) is 0 Å². The van der Waals surface area contributed by atoms with Crippen molar-refractivity contribution in [3.63, 3.8) is 0 Å². The Morgan fingerprint density at radius 2 is 1.77 bits per heavy atom. The van der Waals surface area contributed by atoms with Gasteiger partial charge in [-0.25, -0.2) is 9.59 Å². The summed E-state index contributed by atoms with van der Waals surface area (Å²) in [4.78, 5) is 19.3. The number of fused-ring (bicyclic) bond motifs is 1. The SMILES string of the molecule is CSc1ccc(Cl)cc1C(N)c1cc2ccccc2o1.O=C(O)C(=O)O. The van der Waals surface area contributed by atoms with E-state index in [0.717, 1.165) is 27.2 Å². The normalized spacial score (nSPS) is 11.5. The van der Waals surface area contributed by atoms with Gasteiger partial charge in [-0.05, 0) is 42.2 Å². The van der Waals surface area contributed by atoms with Gasteiger partial charge in [0.2, 0.25) is 0 Å². The third-order valence-electron chi connectivity index (χ3n) is 3.46. The number of nitrogens with two attached hydrogens (primary N) is 1. The van der Waals surface area contributed by atoms with E-state index in [9.17, 15) is 0 Å². The van der Waals surface area contributed by atoms with Crippen LogP contribution in [0.5, 0.6) is 0 Å². The molecule has 0 saturated carbocycles. The van der Waals surface area contributed by atoms with Gasteiger partial charge in [-0.2, -0.15) is 0 Å². The smallest absolute Gasteiger partial charge is 0.414 e. The average Bonchev–Trinajstić information content (AvgIpc) is 3.05. The molecule has 0 aliphatic carbocycles. The molecule has 6 nitrogen and oxygen atoms in total. The fourth-order valence-corrected chi connectivity index (χ4v) is 3.06. The molecule has 0 aliphatic rings. The lowest BCUT2D eigenvalue weighted by Crippen LogP contribution is -2.12. The van der Waals surface area contributed by atoms with Gasteiger partial charge in [0, 0.05) is 15.3 Å². The van der Waals surface area contributed by atoms with Crippen molar-refractivity contribution in [3.8, 4) is 0 Å². The molecule has 0 saturated heterocycles. The number of hydrogen-bond donors (Lipinski definition) is 3. The van der Waals surface area contributed by atoms with Crippen LogP contribution in [0.1, 0.15) is 17.4 Å². The van der Waals surface area contributed by atoms with Crippen molar-refractivity contribution in [2.45, 2.75) is 10.9 Å². The minimum Gasteiger partial charge on any atom is -0.473 e. The number of hydrogen-bond acceptors (Lipinski definition) is 5. The Morgan fingerprint density at radius 3 is 2.35 bits per heavy atom. The maximum atomic E-state index is 9.10. The Morgan fingerprint density at radius 1 is 1.12 bits per heavy atom. The molecule has 0 aliphatic heterocycles. The van der Waals surface area contributed by atoms with E-state index in [4.69, 9.17) is 41.6 Å².